The van der Waals surface area contributed by atoms with Crippen molar-refractivity contribution in [3.63, 3.8) is 0 Å². The van der Waals surface area contributed by atoms with Gasteiger partial charge in [0.2, 0.25) is 0 Å². The van der Waals surface area contributed by atoms with Crippen molar-refractivity contribution < 1.29 is 4.79 Å². The zero-order valence-corrected chi connectivity index (χ0v) is 11.9. The van der Waals surface area contributed by atoms with Crippen LogP contribution in [0.25, 0.3) is 0 Å². The zero-order valence-electron chi connectivity index (χ0n) is 10.3. The molecule has 0 unspecified atom stereocenters. The Bertz CT molecular complexity index is 449. The number of carbonyl (C=O) groups is 1. The fourth-order valence-corrected chi connectivity index (χ4v) is 2.63. The number of nitrogens with two attached hydrogens (primary N) is 1. The third kappa shape index (κ3) is 2.18. The van der Waals surface area contributed by atoms with Crippen LogP contribution in [0.2, 0.25) is 0 Å². The molecule has 0 atom stereocenters. The lowest BCUT2D eigenvalue weighted by molar-refractivity contribution is -0.126. The van der Waals surface area contributed by atoms with Crippen LogP contribution in [0.3, 0.4) is 0 Å². The number of rotatable bonds is 4. The van der Waals surface area contributed by atoms with Crippen molar-refractivity contribution in [3.05, 3.63) is 15.9 Å². The Hall–Kier alpha value is -0.680. The van der Waals surface area contributed by atoms with Gasteiger partial charge in [0.05, 0.1) is 27.8 Å². The molecule has 0 aromatic carbocycles. The van der Waals surface area contributed by atoms with Gasteiger partial charge < -0.3 is 5.73 Å². The van der Waals surface area contributed by atoms with Crippen LogP contribution in [0.15, 0.2) is 4.47 Å². The Morgan fingerprint density at radius 1 is 1.59 bits per heavy atom. The van der Waals surface area contributed by atoms with Crippen molar-refractivity contribution in [1.29, 1.82) is 0 Å². The maximum absolute atomic E-state index is 12.2. The Morgan fingerprint density at radius 2 is 2.24 bits per heavy atom. The Kier molecular flexibility index (Phi) is 3.41. The number of Topliss-reactive ketones (excluding diaryl/α,β-unsaturated/α-hetero) is 1. The molecule has 0 amide bonds. The summed E-state index contributed by atoms with van der Waals surface area (Å²) in [5.74, 6) is 0.138. The van der Waals surface area contributed by atoms with Crippen molar-refractivity contribution in [3.8, 4) is 0 Å². The van der Waals surface area contributed by atoms with E-state index in [4.69, 9.17) is 5.73 Å². The highest BCUT2D eigenvalue weighted by molar-refractivity contribution is 9.10. The quantitative estimate of drug-likeness (QED) is 0.924. The van der Waals surface area contributed by atoms with Crippen molar-refractivity contribution in [2.24, 2.45) is 5.73 Å². The number of ketones is 1. The minimum atomic E-state index is -0.573. The molecular weight excluding hydrogens is 282 g/mol. The first-order chi connectivity index (χ1) is 7.98. The van der Waals surface area contributed by atoms with Crippen molar-refractivity contribution >= 4 is 21.7 Å². The van der Waals surface area contributed by atoms with Gasteiger partial charge >= 0.3 is 0 Å². The Labute approximate surface area is 110 Å². The highest BCUT2D eigenvalue weighted by atomic mass is 79.9. The SMILES string of the molecule is CCn1nc(C)c(Br)c1CC(=O)C1(N)CCC1. The lowest BCUT2D eigenvalue weighted by Gasteiger charge is -2.36. The van der Waals surface area contributed by atoms with E-state index in [-0.39, 0.29) is 5.78 Å². The molecule has 0 radical (unpaired) electrons. The highest BCUT2D eigenvalue weighted by Gasteiger charge is 2.40. The van der Waals surface area contributed by atoms with E-state index in [9.17, 15) is 4.79 Å². The molecule has 2 rings (SSSR count). The molecule has 0 saturated heterocycles. The van der Waals surface area contributed by atoms with Crippen LogP contribution in [0.1, 0.15) is 37.6 Å². The molecule has 1 heterocycles. The molecule has 94 valence electrons. The van der Waals surface area contributed by atoms with Crippen molar-refractivity contribution in [2.45, 2.75) is 51.6 Å². The maximum Gasteiger partial charge on any atom is 0.158 e. The fourth-order valence-electron chi connectivity index (χ4n) is 2.20. The van der Waals surface area contributed by atoms with Gasteiger partial charge in [-0.05, 0) is 49.0 Å². The Morgan fingerprint density at radius 3 is 2.71 bits per heavy atom. The molecule has 1 aliphatic rings. The molecule has 17 heavy (non-hydrogen) atoms. The minimum Gasteiger partial charge on any atom is -0.319 e. The van der Waals surface area contributed by atoms with E-state index in [1.807, 2.05) is 18.5 Å². The van der Waals surface area contributed by atoms with Gasteiger partial charge in [0.1, 0.15) is 0 Å². The van der Waals surface area contributed by atoms with Gasteiger partial charge in [-0.3, -0.25) is 9.48 Å². The average Bonchev–Trinajstić information content (AvgIpc) is 2.53. The van der Waals surface area contributed by atoms with Gasteiger partial charge in [-0.2, -0.15) is 5.10 Å². The lowest BCUT2D eigenvalue weighted by atomic mass is 9.73. The van der Waals surface area contributed by atoms with Crippen LogP contribution in [-0.4, -0.2) is 21.1 Å². The molecule has 1 aromatic heterocycles. The van der Waals surface area contributed by atoms with Crippen LogP contribution in [0.4, 0.5) is 0 Å². The smallest absolute Gasteiger partial charge is 0.158 e. The second-order valence-corrected chi connectivity index (χ2v) is 5.56. The van der Waals surface area contributed by atoms with Gasteiger partial charge in [0, 0.05) is 6.54 Å². The molecule has 2 N–H and O–H groups in total. The van der Waals surface area contributed by atoms with Gasteiger partial charge in [0.15, 0.2) is 5.78 Å². The molecule has 0 bridgehead atoms. The minimum absolute atomic E-state index is 0.138. The predicted octanol–water partition coefficient (Wildman–Crippen LogP) is 1.97. The van der Waals surface area contributed by atoms with E-state index >= 15 is 0 Å². The van der Waals surface area contributed by atoms with E-state index in [1.54, 1.807) is 0 Å². The first-order valence-corrected chi connectivity index (χ1v) is 6.81. The largest absolute Gasteiger partial charge is 0.319 e. The third-order valence-corrected chi connectivity index (χ3v) is 4.61. The summed E-state index contributed by atoms with van der Waals surface area (Å²) in [6.07, 6.45) is 3.09. The van der Waals surface area contributed by atoms with Gasteiger partial charge in [-0.1, -0.05) is 0 Å². The molecule has 5 heteroatoms. The fraction of sp³-hybridized carbons (Fsp3) is 0.667. The first-order valence-electron chi connectivity index (χ1n) is 6.02. The van der Waals surface area contributed by atoms with Crippen molar-refractivity contribution in [1.82, 2.24) is 9.78 Å². The molecule has 4 nitrogen and oxygen atoms in total. The summed E-state index contributed by atoms with van der Waals surface area (Å²) >= 11 is 3.50. The number of hydrogen-bond acceptors (Lipinski definition) is 3. The Balaban J connectivity index is 2.20. The van der Waals surface area contributed by atoms with Crippen molar-refractivity contribution in [2.75, 3.05) is 0 Å². The summed E-state index contributed by atoms with van der Waals surface area (Å²) in [6, 6.07) is 0. The second-order valence-electron chi connectivity index (χ2n) is 4.77. The summed E-state index contributed by atoms with van der Waals surface area (Å²) in [5, 5.41) is 4.38. The molecule has 1 saturated carbocycles. The van der Waals surface area contributed by atoms with Crippen LogP contribution in [0.5, 0.6) is 0 Å². The number of aryl methyl sites for hydroxylation is 2. The summed E-state index contributed by atoms with van der Waals surface area (Å²) < 4.78 is 2.81. The summed E-state index contributed by atoms with van der Waals surface area (Å²) in [7, 11) is 0. The molecule has 1 aliphatic carbocycles. The zero-order chi connectivity index (χ0) is 12.6. The number of carbonyl (C=O) groups excluding carboxylic acids is 1. The first kappa shape index (κ1) is 12.8. The number of aromatic nitrogens is 2. The molecule has 1 fully saturated rings. The monoisotopic (exact) mass is 299 g/mol. The van der Waals surface area contributed by atoms with E-state index in [1.165, 1.54) is 0 Å². The highest BCUT2D eigenvalue weighted by Crippen LogP contribution is 2.32. The third-order valence-electron chi connectivity index (χ3n) is 3.58. The maximum atomic E-state index is 12.2. The van der Waals surface area contributed by atoms with E-state index < -0.39 is 5.54 Å². The summed E-state index contributed by atoms with van der Waals surface area (Å²) in [6.45, 7) is 4.73. The van der Waals surface area contributed by atoms with Gasteiger partial charge in [-0.15, -0.1) is 0 Å². The van der Waals surface area contributed by atoms with E-state index in [0.29, 0.717) is 6.42 Å². The topological polar surface area (TPSA) is 60.9 Å². The average molecular weight is 300 g/mol. The van der Waals surface area contributed by atoms with Gasteiger partial charge in [0.25, 0.3) is 0 Å². The number of nitrogens with zero attached hydrogens (tertiary/aromatic N) is 2. The lowest BCUT2D eigenvalue weighted by Crippen LogP contribution is -2.54. The number of hydrogen-bond donors (Lipinski definition) is 1. The van der Waals surface area contributed by atoms with E-state index in [0.717, 1.165) is 41.7 Å². The standard InChI is InChI=1S/C12H18BrN3O/c1-3-16-9(11(13)8(2)15-16)7-10(17)12(14)5-4-6-12/h3-7,14H2,1-2H3. The summed E-state index contributed by atoms with van der Waals surface area (Å²) in [5.41, 5.74) is 7.35. The molecular formula is C12H18BrN3O. The van der Waals surface area contributed by atoms with Crippen LogP contribution >= 0.6 is 15.9 Å². The molecule has 1 aromatic rings. The van der Waals surface area contributed by atoms with Crippen LogP contribution in [-0.2, 0) is 17.8 Å². The van der Waals surface area contributed by atoms with Crippen LogP contribution in [0, 0.1) is 6.92 Å². The molecule has 0 spiro atoms. The second kappa shape index (κ2) is 4.53. The number of halogens is 1. The predicted molar refractivity (Wildman–Crippen MR) is 69.8 cm³/mol. The summed E-state index contributed by atoms with van der Waals surface area (Å²) in [4.78, 5) is 12.2. The van der Waals surface area contributed by atoms with E-state index in [2.05, 4.69) is 21.0 Å². The molecule has 0 aliphatic heterocycles. The van der Waals surface area contributed by atoms with Gasteiger partial charge in [-0.25, -0.2) is 0 Å². The van der Waals surface area contributed by atoms with Crippen LogP contribution < -0.4 is 5.73 Å². The normalized spacial score (nSPS) is 17.9.